The molecule has 9 heteroatoms. The summed E-state index contributed by atoms with van der Waals surface area (Å²) < 4.78 is 6.85. The van der Waals surface area contributed by atoms with Crippen molar-refractivity contribution < 1.29 is 14.3 Å². The standard InChI is InChI=1S/C31H43N5O4/c1-40-31(39)27-14-9-17-34(27)28(37)20-32-29-30(38)36(26-13-8-7-12-25(26)33-29)24-18-22-15-16-23(19-24)35(22)21-10-5-3-2-4-6-11-21/h7-8,12-13,21-24,27H,2-6,9-11,14-20H2,1H3,(H,32,33)/t22-,23+,24?,27?. The Morgan fingerprint density at radius 1 is 0.900 bits per heavy atom. The molecule has 1 aromatic carbocycles. The van der Waals surface area contributed by atoms with Gasteiger partial charge in [-0.1, -0.05) is 44.2 Å². The number of nitrogens with zero attached hydrogens (tertiary/aromatic N) is 4. The average molecular weight is 550 g/mol. The van der Waals surface area contributed by atoms with Crippen LogP contribution in [-0.2, 0) is 14.3 Å². The van der Waals surface area contributed by atoms with Crippen LogP contribution in [0, 0.1) is 0 Å². The maximum Gasteiger partial charge on any atom is 0.328 e. The van der Waals surface area contributed by atoms with Crippen LogP contribution in [0.2, 0.25) is 0 Å². The van der Waals surface area contributed by atoms with Crippen LogP contribution in [0.3, 0.4) is 0 Å². The lowest BCUT2D eigenvalue weighted by atomic mass is 9.89. The SMILES string of the molecule is COC(=O)C1CCCN1C(=O)CNc1nc2ccccc2n(C2C[C@H]3CC[C@@H](C2)N3C2CCCCCCC2)c1=O. The molecule has 0 spiro atoms. The molecular formula is C31H43N5O4. The largest absolute Gasteiger partial charge is 0.467 e. The third-order valence-corrected chi connectivity index (χ3v) is 9.87. The molecule has 2 unspecified atom stereocenters. The molecule has 1 amide bonds. The van der Waals surface area contributed by atoms with Crippen LogP contribution < -0.4 is 10.9 Å². The van der Waals surface area contributed by atoms with Crippen molar-refractivity contribution in [2.75, 3.05) is 25.5 Å². The third kappa shape index (κ3) is 5.24. The Balaban J connectivity index is 1.23. The fraction of sp³-hybridized carbons (Fsp3) is 0.677. The number of methoxy groups -OCH3 is 1. The van der Waals surface area contributed by atoms with Gasteiger partial charge in [0.15, 0.2) is 5.82 Å². The minimum atomic E-state index is -0.556. The topological polar surface area (TPSA) is 96.8 Å². The lowest BCUT2D eigenvalue weighted by Crippen LogP contribution is -2.50. The molecule has 4 heterocycles. The van der Waals surface area contributed by atoms with Gasteiger partial charge in [0.1, 0.15) is 6.04 Å². The number of carbonyl (C=O) groups excluding carboxylic acids is 2. The highest BCUT2D eigenvalue weighted by Gasteiger charge is 2.44. The number of hydrogen-bond donors (Lipinski definition) is 1. The van der Waals surface area contributed by atoms with E-state index < -0.39 is 12.0 Å². The van der Waals surface area contributed by atoms with Crippen LogP contribution in [-0.4, -0.2) is 75.6 Å². The summed E-state index contributed by atoms with van der Waals surface area (Å²) in [6.45, 7) is 0.428. The number of aromatic nitrogens is 2. The molecule has 1 saturated carbocycles. The molecule has 4 fully saturated rings. The van der Waals surface area contributed by atoms with Crippen LogP contribution in [0.5, 0.6) is 0 Å². The Hall–Kier alpha value is -2.94. The second-order valence-corrected chi connectivity index (χ2v) is 12.2. The van der Waals surface area contributed by atoms with E-state index in [0.29, 0.717) is 31.1 Å². The summed E-state index contributed by atoms with van der Waals surface area (Å²) >= 11 is 0. The molecule has 6 rings (SSSR count). The first-order valence-corrected chi connectivity index (χ1v) is 15.4. The summed E-state index contributed by atoms with van der Waals surface area (Å²) in [5.74, 6) is -0.410. The number of nitrogens with one attached hydrogen (secondary N) is 1. The number of hydrogen-bond acceptors (Lipinski definition) is 7. The van der Waals surface area contributed by atoms with E-state index in [2.05, 4.69) is 15.2 Å². The molecule has 1 aromatic heterocycles. The zero-order chi connectivity index (χ0) is 27.6. The molecule has 40 heavy (non-hydrogen) atoms. The molecule has 3 aliphatic heterocycles. The summed E-state index contributed by atoms with van der Waals surface area (Å²) in [5, 5.41) is 3.05. The van der Waals surface area contributed by atoms with Crippen LogP contribution in [0.4, 0.5) is 5.82 Å². The fourth-order valence-corrected chi connectivity index (χ4v) is 8.06. The van der Waals surface area contributed by atoms with E-state index in [9.17, 15) is 14.4 Å². The van der Waals surface area contributed by atoms with E-state index >= 15 is 0 Å². The van der Waals surface area contributed by atoms with Gasteiger partial charge >= 0.3 is 5.97 Å². The lowest BCUT2D eigenvalue weighted by molar-refractivity contribution is -0.150. The Morgan fingerprint density at radius 3 is 2.33 bits per heavy atom. The molecular weight excluding hydrogens is 506 g/mol. The van der Waals surface area contributed by atoms with Crippen molar-refractivity contribution in [3.05, 3.63) is 34.6 Å². The first kappa shape index (κ1) is 27.2. The first-order valence-electron chi connectivity index (χ1n) is 15.4. The van der Waals surface area contributed by atoms with E-state index in [1.807, 2.05) is 28.8 Å². The number of benzene rings is 1. The van der Waals surface area contributed by atoms with Crippen molar-refractivity contribution in [1.82, 2.24) is 19.4 Å². The van der Waals surface area contributed by atoms with Gasteiger partial charge in [-0.2, -0.15) is 0 Å². The number of anilines is 1. The second kappa shape index (κ2) is 11.9. The van der Waals surface area contributed by atoms with E-state index in [1.165, 1.54) is 64.9 Å². The lowest BCUT2D eigenvalue weighted by Gasteiger charge is -2.45. The zero-order valence-electron chi connectivity index (χ0n) is 23.7. The number of ether oxygens (including phenoxy) is 1. The predicted molar refractivity (Wildman–Crippen MR) is 154 cm³/mol. The van der Waals surface area contributed by atoms with Crippen LogP contribution in [0.25, 0.3) is 11.0 Å². The van der Waals surface area contributed by atoms with Gasteiger partial charge in [-0.15, -0.1) is 0 Å². The van der Waals surface area contributed by atoms with Gasteiger partial charge in [0, 0.05) is 30.7 Å². The molecule has 4 atom stereocenters. The van der Waals surface area contributed by atoms with Crippen molar-refractivity contribution in [2.24, 2.45) is 0 Å². The highest BCUT2D eigenvalue weighted by atomic mass is 16.5. The molecule has 1 aliphatic carbocycles. The number of likely N-dealkylation sites (tertiary alicyclic amines) is 1. The molecule has 2 bridgehead atoms. The summed E-state index contributed by atoms with van der Waals surface area (Å²) in [6, 6.07) is 9.12. The summed E-state index contributed by atoms with van der Waals surface area (Å²) in [4.78, 5) is 48.2. The van der Waals surface area contributed by atoms with Gasteiger partial charge < -0.3 is 19.5 Å². The zero-order valence-corrected chi connectivity index (χ0v) is 23.7. The summed E-state index contributed by atoms with van der Waals surface area (Å²) in [6.07, 6.45) is 15.1. The van der Waals surface area contributed by atoms with E-state index in [-0.39, 0.29) is 29.9 Å². The van der Waals surface area contributed by atoms with Crippen LogP contribution >= 0.6 is 0 Å². The average Bonchev–Trinajstić information content (AvgIpc) is 3.53. The number of piperidine rings is 1. The quantitative estimate of drug-likeness (QED) is 0.538. The Labute approximate surface area is 236 Å². The highest BCUT2D eigenvalue weighted by Crippen LogP contribution is 2.44. The van der Waals surface area contributed by atoms with Gasteiger partial charge in [-0.25, -0.2) is 9.78 Å². The monoisotopic (exact) mass is 549 g/mol. The second-order valence-electron chi connectivity index (χ2n) is 12.2. The highest BCUT2D eigenvalue weighted by molar-refractivity contribution is 5.87. The molecule has 216 valence electrons. The molecule has 2 aromatic rings. The number of fused-ring (bicyclic) bond motifs is 3. The van der Waals surface area contributed by atoms with Crippen LogP contribution in [0.15, 0.2) is 29.1 Å². The van der Waals surface area contributed by atoms with Crippen molar-refractivity contribution in [2.45, 2.75) is 114 Å². The van der Waals surface area contributed by atoms with Crippen molar-refractivity contribution in [3.63, 3.8) is 0 Å². The summed E-state index contributed by atoms with van der Waals surface area (Å²) in [5.41, 5.74) is 1.44. The molecule has 3 saturated heterocycles. The number of rotatable bonds is 6. The van der Waals surface area contributed by atoms with E-state index in [4.69, 9.17) is 4.74 Å². The molecule has 9 nitrogen and oxygen atoms in total. The van der Waals surface area contributed by atoms with Gasteiger partial charge in [0.2, 0.25) is 5.91 Å². The minimum Gasteiger partial charge on any atom is -0.467 e. The maximum absolute atomic E-state index is 14.0. The number of amides is 1. The Kier molecular flexibility index (Phi) is 8.10. The van der Waals surface area contributed by atoms with Crippen molar-refractivity contribution in [1.29, 1.82) is 0 Å². The number of esters is 1. The normalized spacial score (nSPS) is 27.9. The van der Waals surface area contributed by atoms with Gasteiger partial charge in [-0.3, -0.25) is 14.5 Å². The Morgan fingerprint density at radius 2 is 1.60 bits per heavy atom. The predicted octanol–water partition coefficient (Wildman–Crippen LogP) is 4.25. The number of para-hydroxylation sites is 2. The van der Waals surface area contributed by atoms with Crippen molar-refractivity contribution >= 4 is 28.7 Å². The smallest absolute Gasteiger partial charge is 0.328 e. The van der Waals surface area contributed by atoms with E-state index in [0.717, 1.165) is 30.3 Å². The van der Waals surface area contributed by atoms with Gasteiger partial charge in [-0.05, 0) is 63.5 Å². The van der Waals surface area contributed by atoms with Gasteiger partial charge in [0.05, 0.1) is 24.7 Å². The van der Waals surface area contributed by atoms with Gasteiger partial charge in [0.25, 0.3) is 5.56 Å². The van der Waals surface area contributed by atoms with Crippen LogP contribution in [0.1, 0.15) is 89.5 Å². The maximum atomic E-state index is 14.0. The van der Waals surface area contributed by atoms with Crippen molar-refractivity contribution in [3.8, 4) is 0 Å². The third-order valence-electron chi connectivity index (χ3n) is 9.87. The molecule has 1 N–H and O–H groups in total. The minimum absolute atomic E-state index is 0.0839. The number of carbonyl (C=O) groups is 2. The molecule has 4 aliphatic rings. The summed E-state index contributed by atoms with van der Waals surface area (Å²) in [7, 11) is 1.34. The molecule has 0 radical (unpaired) electrons. The fourth-order valence-electron chi connectivity index (χ4n) is 8.06. The first-order chi connectivity index (χ1) is 19.5. The van der Waals surface area contributed by atoms with E-state index in [1.54, 1.807) is 4.90 Å². The Bertz CT molecular complexity index is 1270.